The first kappa shape index (κ1) is 19.7. The number of likely N-dealkylation sites (tertiary alicyclic amines) is 1. The summed E-state index contributed by atoms with van der Waals surface area (Å²) < 4.78 is 13.2. The molecular formula is C21H22N6O3. The highest BCUT2D eigenvalue weighted by Gasteiger charge is 2.28. The van der Waals surface area contributed by atoms with E-state index in [0.717, 1.165) is 25.1 Å². The summed E-state index contributed by atoms with van der Waals surface area (Å²) in [7, 11) is 0. The Balaban J connectivity index is 1.46. The summed E-state index contributed by atoms with van der Waals surface area (Å²) in [4.78, 5) is 18.3. The standard InChI is InChI=1S/C21H22N6O3/c22-9-15-3-4-17(8-19(15)30-18-2-1-7-29-12-18)27-11-20(24-14-27)25-21(28)16-5-6-26(10-16)13-23/h3-4,8,11,14,16,18H,1-2,5-7,10,12H2,(H,25,28)/t16-,18-/m0/s1. The Morgan fingerprint density at radius 1 is 1.33 bits per heavy atom. The van der Waals surface area contributed by atoms with Crippen molar-refractivity contribution < 1.29 is 14.3 Å². The van der Waals surface area contributed by atoms with Gasteiger partial charge in [-0.3, -0.25) is 4.79 Å². The van der Waals surface area contributed by atoms with Gasteiger partial charge in [0.1, 0.15) is 24.3 Å². The lowest BCUT2D eigenvalue weighted by molar-refractivity contribution is -0.119. The van der Waals surface area contributed by atoms with Crippen molar-refractivity contribution in [3.8, 4) is 23.7 Å². The molecule has 1 aromatic heterocycles. The molecule has 154 valence electrons. The maximum Gasteiger partial charge on any atom is 0.230 e. The largest absolute Gasteiger partial charge is 0.487 e. The minimum atomic E-state index is -0.220. The molecule has 2 aliphatic rings. The van der Waals surface area contributed by atoms with Crippen LogP contribution in [0.15, 0.2) is 30.7 Å². The number of imidazole rings is 1. The fourth-order valence-corrected chi connectivity index (χ4v) is 3.67. The zero-order chi connectivity index (χ0) is 20.9. The van der Waals surface area contributed by atoms with Crippen LogP contribution in [0.5, 0.6) is 5.75 Å². The summed E-state index contributed by atoms with van der Waals surface area (Å²) in [5.74, 6) is 0.580. The van der Waals surface area contributed by atoms with Crippen LogP contribution < -0.4 is 10.1 Å². The molecule has 4 rings (SSSR count). The lowest BCUT2D eigenvalue weighted by atomic mass is 10.1. The number of benzene rings is 1. The number of rotatable bonds is 5. The zero-order valence-corrected chi connectivity index (χ0v) is 16.5. The van der Waals surface area contributed by atoms with Crippen LogP contribution in [0, 0.1) is 28.7 Å². The molecule has 2 aliphatic heterocycles. The lowest BCUT2D eigenvalue weighted by Gasteiger charge is -2.24. The molecule has 1 amide bonds. The predicted octanol–water partition coefficient (Wildman–Crippen LogP) is 2.04. The molecule has 30 heavy (non-hydrogen) atoms. The van der Waals surface area contributed by atoms with E-state index in [9.17, 15) is 10.1 Å². The van der Waals surface area contributed by atoms with Crippen LogP contribution >= 0.6 is 0 Å². The van der Waals surface area contributed by atoms with Gasteiger partial charge in [-0.05, 0) is 31.4 Å². The van der Waals surface area contributed by atoms with Gasteiger partial charge in [-0.2, -0.15) is 10.5 Å². The fraction of sp³-hybridized carbons (Fsp3) is 0.429. The van der Waals surface area contributed by atoms with Gasteiger partial charge in [0.05, 0.1) is 30.0 Å². The molecule has 3 heterocycles. The first-order chi connectivity index (χ1) is 14.7. The second-order valence-electron chi connectivity index (χ2n) is 7.44. The second kappa shape index (κ2) is 8.85. The van der Waals surface area contributed by atoms with Gasteiger partial charge >= 0.3 is 0 Å². The number of amides is 1. The van der Waals surface area contributed by atoms with Gasteiger partial charge in [-0.15, -0.1) is 0 Å². The summed E-state index contributed by atoms with van der Waals surface area (Å²) in [6.07, 6.45) is 7.79. The third-order valence-corrected chi connectivity index (χ3v) is 5.33. The molecule has 0 aliphatic carbocycles. The minimum absolute atomic E-state index is 0.0712. The van der Waals surface area contributed by atoms with E-state index in [-0.39, 0.29) is 17.9 Å². The van der Waals surface area contributed by atoms with E-state index >= 15 is 0 Å². The molecule has 1 N–H and O–H groups in total. The summed E-state index contributed by atoms with van der Waals surface area (Å²) in [5.41, 5.74) is 1.23. The lowest BCUT2D eigenvalue weighted by Crippen LogP contribution is -2.28. The number of nitriles is 2. The van der Waals surface area contributed by atoms with Crippen molar-refractivity contribution in [1.29, 1.82) is 10.5 Å². The van der Waals surface area contributed by atoms with Crippen LogP contribution in [0.25, 0.3) is 5.69 Å². The van der Waals surface area contributed by atoms with Gasteiger partial charge < -0.3 is 24.3 Å². The van der Waals surface area contributed by atoms with E-state index in [0.29, 0.717) is 43.2 Å². The van der Waals surface area contributed by atoms with Gasteiger partial charge in [0, 0.05) is 25.8 Å². The van der Waals surface area contributed by atoms with E-state index < -0.39 is 0 Å². The monoisotopic (exact) mass is 406 g/mol. The highest BCUT2D eigenvalue weighted by Crippen LogP contribution is 2.26. The average Bonchev–Trinajstić information content (AvgIpc) is 3.44. The first-order valence-corrected chi connectivity index (χ1v) is 9.94. The molecule has 2 saturated heterocycles. The van der Waals surface area contributed by atoms with Gasteiger partial charge in [-0.25, -0.2) is 4.98 Å². The number of nitrogens with one attached hydrogen (secondary N) is 1. The van der Waals surface area contributed by atoms with E-state index in [4.69, 9.17) is 14.7 Å². The SMILES string of the molecule is N#Cc1ccc(-n2cnc(NC(=O)[C@H]3CCN(C#N)C3)c2)cc1O[C@H]1CCCOC1. The number of hydrogen-bond acceptors (Lipinski definition) is 7. The topological polar surface area (TPSA) is 116 Å². The maximum absolute atomic E-state index is 12.4. The highest BCUT2D eigenvalue weighted by atomic mass is 16.5. The Kier molecular flexibility index (Phi) is 5.82. The molecule has 0 unspecified atom stereocenters. The summed E-state index contributed by atoms with van der Waals surface area (Å²) in [5, 5.41) is 21.2. The average molecular weight is 406 g/mol. The Labute approximate surface area is 174 Å². The van der Waals surface area contributed by atoms with Crippen molar-refractivity contribution in [3.05, 3.63) is 36.3 Å². The maximum atomic E-state index is 12.4. The Hall–Kier alpha value is -3.56. The third kappa shape index (κ3) is 4.37. The molecule has 0 spiro atoms. The number of hydrogen-bond donors (Lipinski definition) is 1. The number of carbonyl (C=O) groups excluding carboxylic acids is 1. The van der Waals surface area contributed by atoms with Crippen molar-refractivity contribution in [2.24, 2.45) is 5.92 Å². The summed E-state index contributed by atoms with van der Waals surface area (Å²) >= 11 is 0. The molecule has 0 bridgehead atoms. The van der Waals surface area contributed by atoms with Crippen molar-refractivity contribution in [2.45, 2.75) is 25.4 Å². The number of anilines is 1. The van der Waals surface area contributed by atoms with Gasteiger partial charge in [0.2, 0.25) is 5.91 Å². The van der Waals surface area contributed by atoms with E-state index in [1.807, 2.05) is 0 Å². The van der Waals surface area contributed by atoms with Crippen molar-refractivity contribution >= 4 is 11.7 Å². The van der Waals surface area contributed by atoms with Crippen LogP contribution in [0.1, 0.15) is 24.8 Å². The van der Waals surface area contributed by atoms with E-state index in [2.05, 4.69) is 22.6 Å². The smallest absolute Gasteiger partial charge is 0.230 e. The molecular weight excluding hydrogens is 384 g/mol. The number of aromatic nitrogens is 2. The highest BCUT2D eigenvalue weighted by molar-refractivity contribution is 5.92. The van der Waals surface area contributed by atoms with Gasteiger partial charge in [-0.1, -0.05) is 0 Å². The van der Waals surface area contributed by atoms with Crippen LogP contribution in [-0.2, 0) is 9.53 Å². The molecule has 2 aromatic rings. The summed E-state index contributed by atoms with van der Waals surface area (Å²) in [6.45, 7) is 2.29. The van der Waals surface area contributed by atoms with E-state index in [1.54, 1.807) is 40.2 Å². The number of carbonyl (C=O) groups is 1. The van der Waals surface area contributed by atoms with Crippen molar-refractivity contribution in [3.63, 3.8) is 0 Å². The van der Waals surface area contributed by atoms with Crippen molar-refractivity contribution in [2.75, 3.05) is 31.6 Å². The zero-order valence-electron chi connectivity index (χ0n) is 16.5. The molecule has 0 saturated carbocycles. The molecule has 1 aromatic carbocycles. The van der Waals surface area contributed by atoms with Crippen LogP contribution in [0.4, 0.5) is 5.82 Å². The second-order valence-corrected chi connectivity index (χ2v) is 7.44. The Morgan fingerprint density at radius 3 is 2.97 bits per heavy atom. The van der Waals surface area contributed by atoms with E-state index in [1.165, 1.54) is 0 Å². The molecule has 9 heteroatoms. The Bertz CT molecular complexity index is 999. The first-order valence-electron chi connectivity index (χ1n) is 9.94. The minimum Gasteiger partial charge on any atom is -0.487 e. The molecule has 2 atom stereocenters. The normalized spacial score (nSPS) is 20.9. The van der Waals surface area contributed by atoms with Gasteiger partial charge in [0.15, 0.2) is 12.0 Å². The van der Waals surface area contributed by atoms with Crippen molar-refractivity contribution in [1.82, 2.24) is 14.5 Å². The molecule has 9 nitrogen and oxygen atoms in total. The Morgan fingerprint density at radius 2 is 2.23 bits per heavy atom. The molecule has 2 fully saturated rings. The molecule has 0 radical (unpaired) electrons. The fourth-order valence-electron chi connectivity index (χ4n) is 3.67. The predicted molar refractivity (Wildman–Crippen MR) is 107 cm³/mol. The summed E-state index contributed by atoms with van der Waals surface area (Å²) in [6, 6.07) is 7.47. The number of nitrogens with zero attached hydrogens (tertiary/aromatic N) is 5. The van der Waals surface area contributed by atoms with Crippen LogP contribution in [0.2, 0.25) is 0 Å². The van der Waals surface area contributed by atoms with Crippen LogP contribution in [-0.4, -0.2) is 52.8 Å². The number of ether oxygens (including phenoxy) is 2. The van der Waals surface area contributed by atoms with Gasteiger partial charge in [0.25, 0.3) is 0 Å². The van der Waals surface area contributed by atoms with Crippen LogP contribution in [0.3, 0.4) is 0 Å². The third-order valence-electron chi connectivity index (χ3n) is 5.33. The quantitative estimate of drug-likeness (QED) is 0.755.